The van der Waals surface area contributed by atoms with Gasteiger partial charge < -0.3 is 16.0 Å². The fraction of sp³-hybridized carbons (Fsp3) is 0.867. The molecule has 0 atom stereocenters. The molecule has 1 aliphatic rings. The van der Waals surface area contributed by atoms with Gasteiger partial charge >= 0.3 is 0 Å². The van der Waals surface area contributed by atoms with Crippen LogP contribution in [0.3, 0.4) is 0 Å². The molecule has 1 saturated carbocycles. The van der Waals surface area contributed by atoms with E-state index >= 15 is 0 Å². The summed E-state index contributed by atoms with van der Waals surface area (Å²) in [5.74, 6) is 0.962. The van der Waals surface area contributed by atoms with Gasteiger partial charge in [-0.15, -0.1) is 24.0 Å². The van der Waals surface area contributed by atoms with E-state index in [0.717, 1.165) is 44.7 Å². The summed E-state index contributed by atoms with van der Waals surface area (Å²) in [5, 5.41) is 9.51. The maximum Gasteiger partial charge on any atom is 0.221 e. The van der Waals surface area contributed by atoms with Gasteiger partial charge in [-0.05, 0) is 26.2 Å². The quantitative estimate of drug-likeness (QED) is 0.249. The molecule has 0 bridgehead atoms. The zero-order valence-electron chi connectivity index (χ0n) is 13.4. The van der Waals surface area contributed by atoms with Crippen molar-refractivity contribution in [2.24, 2.45) is 4.99 Å². The lowest BCUT2D eigenvalue weighted by Crippen LogP contribution is -2.40. The molecular weight excluding hydrogens is 379 g/mol. The van der Waals surface area contributed by atoms with E-state index in [1.54, 1.807) is 0 Å². The van der Waals surface area contributed by atoms with Crippen molar-refractivity contribution in [1.82, 2.24) is 16.0 Å². The van der Waals surface area contributed by atoms with Crippen molar-refractivity contribution in [2.75, 3.05) is 19.6 Å². The van der Waals surface area contributed by atoms with E-state index in [-0.39, 0.29) is 29.9 Å². The van der Waals surface area contributed by atoms with Crippen LogP contribution in [0.25, 0.3) is 0 Å². The summed E-state index contributed by atoms with van der Waals surface area (Å²) in [4.78, 5) is 16.3. The molecule has 1 rings (SSSR count). The molecule has 1 amide bonds. The Hall–Kier alpha value is -0.530. The monoisotopic (exact) mass is 410 g/mol. The van der Waals surface area contributed by atoms with Crippen molar-refractivity contribution >= 4 is 35.8 Å². The van der Waals surface area contributed by atoms with Crippen molar-refractivity contribution in [3.63, 3.8) is 0 Å². The van der Waals surface area contributed by atoms with Gasteiger partial charge in [0.15, 0.2) is 5.96 Å². The van der Waals surface area contributed by atoms with Crippen molar-refractivity contribution in [3.8, 4) is 0 Å². The third-order valence-corrected chi connectivity index (χ3v) is 3.49. The Morgan fingerprint density at radius 1 is 1.19 bits per heavy atom. The van der Waals surface area contributed by atoms with Gasteiger partial charge in [-0.1, -0.05) is 26.2 Å². The molecule has 3 N–H and O–H groups in total. The van der Waals surface area contributed by atoms with Crippen LogP contribution in [0.15, 0.2) is 4.99 Å². The lowest BCUT2D eigenvalue weighted by Gasteiger charge is -2.13. The highest BCUT2D eigenvalue weighted by Gasteiger charge is 2.16. The number of carbonyl (C=O) groups excluding carboxylic acids is 1. The Morgan fingerprint density at radius 2 is 1.90 bits per heavy atom. The van der Waals surface area contributed by atoms with Gasteiger partial charge in [0.25, 0.3) is 0 Å². The molecule has 0 aliphatic heterocycles. The Labute approximate surface area is 146 Å². The van der Waals surface area contributed by atoms with Crippen molar-refractivity contribution in [3.05, 3.63) is 0 Å². The lowest BCUT2D eigenvalue weighted by atomic mass is 10.2. The zero-order chi connectivity index (χ0) is 14.6. The fourth-order valence-corrected chi connectivity index (χ4v) is 2.36. The first-order valence-electron chi connectivity index (χ1n) is 8.07. The fourth-order valence-electron chi connectivity index (χ4n) is 2.36. The summed E-state index contributed by atoms with van der Waals surface area (Å²) >= 11 is 0. The summed E-state index contributed by atoms with van der Waals surface area (Å²) in [6, 6.07) is 0.411. The van der Waals surface area contributed by atoms with Gasteiger partial charge in [0, 0.05) is 32.1 Å². The van der Waals surface area contributed by atoms with Crippen LogP contribution in [0.1, 0.15) is 58.8 Å². The van der Waals surface area contributed by atoms with Crippen LogP contribution < -0.4 is 16.0 Å². The molecule has 124 valence electrons. The number of aliphatic imine (C=N–C) groups is 1. The average Bonchev–Trinajstić information content (AvgIpc) is 2.92. The summed E-state index contributed by atoms with van der Waals surface area (Å²) in [5.41, 5.74) is 0. The molecule has 0 aromatic carbocycles. The Bertz CT molecular complexity index is 304. The Kier molecular flexibility index (Phi) is 12.8. The van der Waals surface area contributed by atoms with E-state index in [4.69, 9.17) is 0 Å². The molecule has 0 aromatic rings. The van der Waals surface area contributed by atoms with Crippen LogP contribution in [0.4, 0.5) is 0 Å². The smallest absolute Gasteiger partial charge is 0.221 e. The maximum atomic E-state index is 11.8. The minimum absolute atomic E-state index is 0. The highest BCUT2D eigenvalue weighted by atomic mass is 127. The van der Waals surface area contributed by atoms with Crippen LogP contribution in [-0.4, -0.2) is 37.5 Å². The molecule has 0 spiro atoms. The van der Waals surface area contributed by atoms with Crippen molar-refractivity contribution in [1.29, 1.82) is 0 Å². The van der Waals surface area contributed by atoms with E-state index in [1.807, 2.05) is 6.92 Å². The third-order valence-electron chi connectivity index (χ3n) is 3.49. The predicted molar refractivity (Wildman–Crippen MR) is 99.3 cm³/mol. The summed E-state index contributed by atoms with van der Waals surface area (Å²) < 4.78 is 0. The van der Waals surface area contributed by atoms with E-state index in [0.29, 0.717) is 19.0 Å². The molecule has 0 heterocycles. The number of amides is 1. The van der Waals surface area contributed by atoms with Crippen molar-refractivity contribution in [2.45, 2.75) is 64.8 Å². The predicted octanol–water partition coefficient (Wildman–Crippen LogP) is 2.41. The Balaban J connectivity index is 0.00000400. The average molecular weight is 410 g/mol. The second-order valence-corrected chi connectivity index (χ2v) is 5.34. The van der Waals surface area contributed by atoms with Crippen LogP contribution in [0.2, 0.25) is 0 Å². The van der Waals surface area contributed by atoms with Gasteiger partial charge in [0.2, 0.25) is 5.91 Å². The molecule has 21 heavy (non-hydrogen) atoms. The van der Waals surface area contributed by atoms with E-state index in [9.17, 15) is 4.79 Å². The molecule has 0 aromatic heterocycles. The van der Waals surface area contributed by atoms with Gasteiger partial charge in [-0.2, -0.15) is 0 Å². The number of nitrogens with one attached hydrogen (secondary N) is 3. The number of hydrogen-bond acceptors (Lipinski definition) is 2. The van der Waals surface area contributed by atoms with Crippen LogP contribution >= 0.6 is 24.0 Å². The second-order valence-electron chi connectivity index (χ2n) is 5.34. The Morgan fingerprint density at radius 3 is 2.52 bits per heavy atom. The second kappa shape index (κ2) is 13.2. The standard InChI is InChI=1S/C15H30N4O.HI/c1-3-5-11-17-15(16-4-2)18-12-10-14(20)19-13-8-6-7-9-13;/h13H,3-12H2,1-2H3,(H,19,20)(H2,16,17,18);1H. The van der Waals surface area contributed by atoms with Gasteiger partial charge in [0.1, 0.15) is 0 Å². The number of halogens is 1. The number of rotatable bonds is 8. The molecule has 1 fully saturated rings. The molecule has 6 heteroatoms. The minimum Gasteiger partial charge on any atom is -0.357 e. The highest BCUT2D eigenvalue weighted by Crippen LogP contribution is 2.17. The first-order chi connectivity index (χ1) is 9.76. The van der Waals surface area contributed by atoms with Gasteiger partial charge in [-0.25, -0.2) is 0 Å². The number of carbonyl (C=O) groups is 1. The van der Waals surface area contributed by atoms with Crippen molar-refractivity contribution < 1.29 is 4.79 Å². The number of nitrogens with zero attached hydrogens (tertiary/aromatic N) is 1. The molecule has 1 aliphatic carbocycles. The molecule has 0 radical (unpaired) electrons. The lowest BCUT2D eigenvalue weighted by molar-refractivity contribution is -0.121. The van der Waals surface area contributed by atoms with E-state index in [2.05, 4.69) is 27.9 Å². The first kappa shape index (κ1) is 20.5. The molecule has 0 saturated heterocycles. The topological polar surface area (TPSA) is 65.5 Å². The number of hydrogen-bond donors (Lipinski definition) is 3. The zero-order valence-corrected chi connectivity index (χ0v) is 15.7. The van der Waals surface area contributed by atoms with Gasteiger partial charge in [-0.3, -0.25) is 9.79 Å². The van der Waals surface area contributed by atoms with E-state index < -0.39 is 0 Å². The molecular formula is C15H31IN4O. The summed E-state index contributed by atoms with van der Waals surface area (Å²) in [7, 11) is 0. The third kappa shape index (κ3) is 9.92. The summed E-state index contributed by atoms with van der Waals surface area (Å²) in [6.07, 6.45) is 7.52. The van der Waals surface area contributed by atoms with Crippen LogP contribution in [0.5, 0.6) is 0 Å². The number of unbranched alkanes of at least 4 members (excludes halogenated alkanes) is 1. The summed E-state index contributed by atoms with van der Waals surface area (Å²) in [6.45, 7) is 6.51. The molecule has 5 nitrogen and oxygen atoms in total. The SMILES string of the molecule is CCCCN=C(NCC)NCCC(=O)NC1CCCC1.I. The van der Waals surface area contributed by atoms with Crippen LogP contribution in [-0.2, 0) is 4.79 Å². The highest BCUT2D eigenvalue weighted by molar-refractivity contribution is 14.0. The number of guanidine groups is 1. The van der Waals surface area contributed by atoms with E-state index in [1.165, 1.54) is 12.8 Å². The first-order valence-corrected chi connectivity index (χ1v) is 8.07. The normalized spacial score (nSPS) is 15.4. The minimum atomic E-state index is 0. The van der Waals surface area contributed by atoms with Crippen LogP contribution in [0, 0.1) is 0 Å². The molecule has 0 unspecified atom stereocenters. The largest absolute Gasteiger partial charge is 0.357 e. The maximum absolute atomic E-state index is 11.8. The van der Waals surface area contributed by atoms with Gasteiger partial charge in [0.05, 0.1) is 0 Å².